The number of pyridine rings is 1. The van der Waals surface area contributed by atoms with Gasteiger partial charge in [0.2, 0.25) is 5.91 Å². The Morgan fingerprint density at radius 1 is 0.969 bits per heavy atom. The van der Waals surface area contributed by atoms with Crippen LogP contribution < -0.4 is 10.9 Å². The number of amides is 1. The number of nitrogens with one attached hydrogen (secondary N) is 1. The standard InChI is InChI=1S/C23H15F3N2O3S/c1-13(29)27-21-19(20(31)14-6-5-7-15(12-14)23(24,25)26)17-10-11-18(30)28(22(17)32-21)16-8-3-2-4-9-16/h2-12H,1H3,(H,27,29). The molecule has 2 aromatic carbocycles. The Kier molecular flexibility index (Phi) is 5.43. The van der Waals surface area contributed by atoms with Gasteiger partial charge in [0.05, 0.1) is 16.8 Å². The van der Waals surface area contributed by atoms with E-state index >= 15 is 0 Å². The van der Waals surface area contributed by atoms with Gasteiger partial charge in [-0.25, -0.2) is 0 Å². The molecule has 32 heavy (non-hydrogen) atoms. The van der Waals surface area contributed by atoms with Gasteiger partial charge in [-0.3, -0.25) is 19.0 Å². The molecule has 0 fully saturated rings. The number of carbonyl (C=O) groups excluding carboxylic acids is 2. The normalized spacial score (nSPS) is 11.5. The Labute approximate surface area is 183 Å². The van der Waals surface area contributed by atoms with Crippen molar-refractivity contribution in [1.82, 2.24) is 4.57 Å². The van der Waals surface area contributed by atoms with E-state index in [4.69, 9.17) is 0 Å². The highest BCUT2D eigenvalue weighted by molar-refractivity contribution is 7.23. The second-order valence-corrected chi connectivity index (χ2v) is 7.96. The van der Waals surface area contributed by atoms with Crippen LogP contribution in [0, 0.1) is 0 Å². The summed E-state index contributed by atoms with van der Waals surface area (Å²) in [6.45, 7) is 1.26. The van der Waals surface area contributed by atoms with Crippen molar-refractivity contribution in [2.45, 2.75) is 13.1 Å². The van der Waals surface area contributed by atoms with Crippen LogP contribution in [0.25, 0.3) is 15.9 Å². The maximum absolute atomic E-state index is 13.3. The molecule has 0 radical (unpaired) electrons. The van der Waals surface area contributed by atoms with Crippen molar-refractivity contribution in [3.8, 4) is 5.69 Å². The van der Waals surface area contributed by atoms with Crippen LogP contribution in [-0.2, 0) is 11.0 Å². The van der Waals surface area contributed by atoms with E-state index in [9.17, 15) is 27.6 Å². The summed E-state index contributed by atoms with van der Waals surface area (Å²) in [6, 6.07) is 15.5. The second-order valence-electron chi connectivity index (χ2n) is 6.96. The van der Waals surface area contributed by atoms with Crippen molar-refractivity contribution in [3.05, 3.63) is 93.8 Å². The second kappa shape index (κ2) is 8.08. The molecule has 4 aromatic rings. The molecule has 0 spiro atoms. The Balaban J connectivity index is 1.98. The lowest BCUT2D eigenvalue weighted by Crippen LogP contribution is -2.16. The highest BCUT2D eigenvalue weighted by Crippen LogP contribution is 2.38. The first kappa shape index (κ1) is 21.5. The lowest BCUT2D eigenvalue weighted by molar-refractivity contribution is -0.137. The molecule has 0 atom stereocenters. The molecule has 0 saturated heterocycles. The lowest BCUT2D eigenvalue weighted by atomic mass is 10.0. The van der Waals surface area contributed by atoms with E-state index in [1.165, 1.54) is 29.7 Å². The van der Waals surface area contributed by atoms with Crippen LogP contribution in [0.15, 0.2) is 71.5 Å². The number of fused-ring (bicyclic) bond motifs is 1. The summed E-state index contributed by atoms with van der Waals surface area (Å²) in [5, 5.41) is 3.09. The van der Waals surface area contributed by atoms with Gasteiger partial charge in [0.1, 0.15) is 9.83 Å². The molecule has 0 aliphatic heterocycles. The zero-order chi connectivity index (χ0) is 23.0. The third-order valence-corrected chi connectivity index (χ3v) is 5.83. The van der Waals surface area contributed by atoms with E-state index < -0.39 is 23.4 Å². The molecule has 0 unspecified atom stereocenters. The maximum atomic E-state index is 13.3. The van der Waals surface area contributed by atoms with E-state index in [1.54, 1.807) is 30.3 Å². The SMILES string of the molecule is CC(=O)Nc1sc2c(ccc(=O)n2-c2ccccc2)c1C(=O)c1cccc(C(F)(F)F)c1. The monoisotopic (exact) mass is 456 g/mol. The van der Waals surface area contributed by atoms with Crippen molar-refractivity contribution >= 4 is 38.2 Å². The molecule has 1 amide bonds. The van der Waals surface area contributed by atoms with Gasteiger partial charge in [-0.2, -0.15) is 13.2 Å². The fourth-order valence-electron chi connectivity index (χ4n) is 3.36. The van der Waals surface area contributed by atoms with Crippen LogP contribution in [0.5, 0.6) is 0 Å². The number of aromatic nitrogens is 1. The van der Waals surface area contributed by atoms with Gasteiger partial charge in [0, 0.05) is 23.9 Å². The topological polar surface area (TPSA) is 68.2 Å². The average molecular weight is 456 g/mol. The largest absolute Gasteiger partial charge is 0.416 e. The number of halogens is 3. The van der Waals surface area contributed by atoms with Gasteiger partial charge in [-0.15, -0.1) is 0 Å². The number of nitrogens with zero attached hydrogens (tertiary/aromatic N) is 1. The van der Waals surface area contributed by atoms with E-state index in [0.717, 1.165) is 29.5 Å². The first-order chi connectivity index (χ1) is 15.2. The molecular weight excluding hydrogens is 441 g/mol. The quantitative estimate of drug-likeness (QED) is 0.426. The Bertz CT molecular complexity index is 1410. The molecular formula is C23H15F3N2O3S. The summed E-state index contributed by atoms with van der Waals surface area (Å²) in [5.74, 6) is -1.15. The van der Waals surface area contributed by atoms with Crippen molar-refractivity contribution in [2.75, 3.05) is 5.32 Å². The fraction of sp³-hybridized carbons (Fsp3) is 0.0870. The van der Waals surface area contributed by atoms with Gasteiger partial charge in [-0.05, 0) is 30.3 Å². The van der Waals surface area contributed by atoms with Crippen LogP contribution >= 0.6 is 11.3 Å². The zero-order valence-corrected chi connectivity index (χ0v) is 17.4. The van der Waals surface area contributed by atoms with Gasteiger partial charge in [-0.1, -0.05) is 41.7 Å². The van der Waals surface area contributed by atoms with Crippen molar-refractivity contribution in [3.63, 3.8) is 0 Å². The highest BCUT2D eigenvalue weighted by atomic mass is 32.1. The number of hydrogen-bond acceptors (Lipinski definition) is 4. The van der Waals surface area contributed by atoms with Crippen LogP contribution in [0.4, 0.5) is 18.2 Å². The predicted molar refractivity (Wildman–Crippen MR) is 117 cm³/mol. The molecule has 0 aliphatic carbocycles. The lowest BCUT2D eigenvalue weighted by Gasteiger charge is -2.09. The number of hydrogen-bond donors (Lipinski definition) is 1. The summed E-state index contributed by atoms with van der Waals surface area (Å²) in [5.41, 5.74) is -0.896. The number of alkyl halides is 3. The molecule has 1 N–H and O–H groups in total. The predicted octanol–water partition coefficient (Wildman–Crippen LogP) is 5.26. The third-order valence-electron chi connectivity index (χ3n) is 4.72. The highest BCUT2D eigenvalue weighted by Gasteiger charge is 2.32. The molecule has 0 saturated carbocycles. The molecule has 162 valence electrons. The number of carbonyl (C=O) groups is 2. The number of benzene rings is 2. The van der Waals surface area contributed by atoms with Gasteiger partial charge < -0.3 is 5.32 Å². The van der Waals surface area contributed by atoms with Crippen LogP contribution in [0.3, 0.4) is 0 Å². The number of ketones is 1. The molecule has 2 heterocycles. The first-order valence-corrected chi connectivity index (χ1v) is 10.2. The molecule has 0 bridgehead atoms. The van der Waals surface area contributed by atoms with Crippen molar-refractivity contribution in [1.29, 1.82) is 0 Å². The maximum Gasteiger partial charge on any atom is 0.416 e. The Morgan fingerprint density at radius 3 is 2.34 bits per heavy atom. The Hall–Kier alpha value is -3.72. The number of rotatable bonds is 4. The Morgan fingerprint density at radius 2 is 1.69 bits per heavy atom. The van der Waals surface area contributed by atoms with E-state index in [0.29, 0.717) is 15.9 Å². The zero-order valence-electron chi connectivity index (χ0n) is 16.6. The summed E-state index contributed by atoms with van der Waals surface area (Å²) in [6.07, 6.45) is -4.61. The summed E-state index contributed by atoms with van der Waals surface area (Å²) < 4.78 is 40.9. The summed E-state index contributed by atoms with van der Waals surface area (Å²) in [7, 11) is 0. The van der Waals surface area contributed by atoms with Crippen LogP contribution in [-0.4, -0.2) is 16.3 Å². The number of para-hydroxylation sites is 1. The molecule has 5 nitrogen and oxygen atoms in total. The summed E-state index contributed by atoms with van der Waals surface area (Å²) in [4.78, 5) is 38.1. The van der Waals surface area contributed by atoms with Crippen LogP contribution in [0.2, 0.25) is 0 Å². The molecule has 0 aliphatic rings. The van der Waals surface area contributed by atoms with Gasteiger partial charge >= 0.3 is 6.18 Å². The number of anilines is 1. The van der Waals surface area contributed by atoms with E-state index in [2.05, 4.69) is 5.32 Å². The first-order valence-electron chi connectivity index (χ1n) is 9.40. The average Bonchev–Trinajstić information content (AvgIpc) is 3.10. The minimum absolute atomic E-state index is 0.0317. The van der Waals surface area contributed by atoms with Gasteiger partial charge in [0.25, 0.3) is 5.56 Å². The molecule has 2 aromatic heterocycles. The number of thiophene rings is 1. The fourth-order valence-corrected chi connectivity index (χ4v) is 4.62. The van der Waals surface area contributed by atoms with Crippen LogP contribution in [0.1, 0.15) is 28.4 Å². The minimum Gasteiger partial charge on any atom is -0.317 e. The van der Waals surface area contributed by atoms with Gasteiger partial charge in [0.15, 0.2) is 5.78 Å². The smallest absolute Gasteiger partial charge is 0.317 e. The molecule has 9 heteroatoms. The third kappa shape index (κ3) is 3.94. The minimum atomic E-state index is -4.61. The van der Waals surface area contributed by atoms with Crippen molar-refractivity contribution < 1.29 is 22.8 Å². The van der Waals surface area contributed by atoms with E-state index in [1.807, 2.05) is 0 Å². The van der Waals surface area contributed by atoms with Crippen molar-refractivity contribution in [2.24, 2.45) is 0 Å². The van der Waals surface area contributed by atoms with E-state index in [-0.39, 0.29) is 21.7 Å². The summed E-state index contributed by atoms with van der Waals surface area (Å²) >= 11 is 1.01. The molecule has 4 rings (SSSR count).